The zero-order chi connectivity index (χ0) is 44.4. The van der Waals surface area contributed by atoms with E-state index in [1.165, 1.54) is 186 Å². The number of carbonyl (C=O) groups is 2. The minimum atomic E-state index is -3.84. The number of hydrogen-bond acceptors (Lipinski definition) is 7. The molecule has 0 radical (unpaired) electrons. The van der Waals surface area contributed by atoms with Gasteiger partial charge >= 0.3 is 11.6 Å². The predicted molar refractivity (Wildman–Crippen MR) is 244 cm³/mol. The first-order valence-electron chi connectivity index (χ1n) is 25.1. The fraction of sp³-hybridized carbons (Fsp3) is 0.878. The van der Waals surface area contributed by atoms with E-state index in [2.05, 4.69) is 24.1 Å². The molecule has 0 bridgehead atoms. The summed E-state index contributed by atoms with van der Waals surface area (Å²) in [5.74, 6) is -4.56. The number of nitrogens with zero attached hydrogens (tertiary/aromatic N) is 3. The Kier molecular flexibility index (Phi) is 31.4. The molecule has 0 aromatic carbocycles. The molecular formula is C49H88F2N4O6. The summed E-state index contributed by atoms with van der Waals surface area (Å²) < 4.78 is 34.7. The van der Waals surface area contributed by atoms with Crippen molar-refractivity contribution in [2.45, 2.75) is 257 Å². The van der Waals surface area contributed by atoms with E-state index in [0.29, 0.717) is 17.7 Å². The highest BCUT2D eigenvalue weighted by Crippen LogP contribution is 2.42. The predicted octanol–water partition coefficient (Wildman–Crippen LogP) is 12.2. The van der Waals surface area contributed by atoms with Crippen molar-refractivity contribution >= 4 is 17.6 Å². The van der Waals surface area contributed by atoms with Crippen molar-refractivity contribution in [3.05, 3.63) is 22.7 Å². The van der Waals surface area contributed by atoms with Crippen LogP contribution in [0.4, 0.5) is 14.6 Å². The van der Waals surface area contributed by atoms with Crippen molar-refractivity contribution in [1.29, 1.82) is 0 Å². The van der Waals surface area contributed by atoms with E-state index < -0.39 is 42.6 Å². The highest BCUT2D eigenvalue weighted by Gasteiger charge is 2.59. The van der Waals surface area contributed by atoms with Crippen LogP contribution < -0.4 is 11.0 Å². The Morgan fingerprint density at radius 1 is 0.672 bits per heavy atom. The van der Waals surface area contributed by atoms with E-state index in [1.54, 1.807) is 0 Å². The number of aliphatic hydroxyl groups excluding tert-OH is 2. The molecule has 1 aliphatic rings. The number of aliphatic hydroxyl groups is 2. The van der Waals surface area contributed by atoms with Crippen LogP contribution in [0.5, 0.6) is 0 Å². The molecule has 1 saturated heterocycles. The third kappa shape index (κ3) is 24.3. The molecular weight excluding hydrogens is 779 g/mol. The molecule has 3 atom stereocenters. The summed E-state index contributed by atoms with van der Waals surface area (Å²) in [6.45, 7) is 5.04. The van der Waals surface area contributed by atoms with E-state index >= 15 is 0 Å². The van der Waals surface area contributed by atoms with Gasteiger partial charge in [-0.1, -0.05) is 206 Å². The third-order valence-corrected chi connectivity index (χ3v) is 12.4. The molecule has 0 unspecified atom stereocenters. The van der Waals surface area contributed by atoms with Gasteiger partial charge in [0, 0.05) is 32.1 Å². The number of anilines is 1. The second-order valence-corrected chi connectivity index (χ2v) is 17.9. The Morgan fingerprint density at radius 2 is 1.05 bits per heavy atom. The largest absolute Gasteiger partial charge is 0.394 e. The lowest BCUT2D eigenvalue weighted by Crippen LogP contribution is -2.41. The van der Waals surface area contributed by atoms with Crippen molar-refractivity contribution in [3.63, 3.8) is 0 Å². The highest BCUT2D eigenvalue weighted by atomic mass is 19.3. The number of nitrogens with one attached hydrogen (secondary N) is 1. The van der Waals surface area contributed by atoms with Gasteiger partial charge in [0.15, 0.2) is 6.10 Å². The zero-order valence-electron chi connectivity index (χ0n) is 38.7. The summed E-state index contributed by atoms with van der Waals surface area (Å²) in [5.41, 5.74) is -1.12. The molecule has 354 valence electrons. The Hall–Kier alpha value is -2.44. The molecule has 1 fully saturated rings. The SMILES string of the molecule is CCCCCCCCCCCCCCCCCCN(CCCCCCCCCCCCCCCCCC)C(=O)CCC(=O)Nc1ccn([C@@H]2O[C@H](CO)[C@@H](O)C2(F)F)c(=O)n1. The fourth-order valence-corrected chi connectivity index (χ4v) is 8.43. The number of aromatic nitrogens is 2. The first-order chi connectivity index (χ1) is 29.6. The van der Waals surface area contributed by atoms with Crippen LogP contribution >= 0.6 is 0 Å². The Morgan fingerprint density at radius 3 is 1.39 bits per heavy atom. The molecule has 2 rings (SSSR count). The van der Waals surface area contributed by atoms with Crippen molar-refractivity contribution < 1.29 is 33.3 Å². The van der Waals surface area contributed by atoms with Crippen molar-refractivity contribution in [3.8, 4) is 0 Å². The standard InChI is InChI=1S/C49H88F2N4O6/c1-3-5-7-9-11-13-15-17-19-21-23-25-27-29-31-33-38-54(39-34-32-30-28-26-24-22-20-18-16-14-12-10-8-6-4-2)45(58)36-35-44(57)52-43-37-40-55(48(60)53-43)47-49(50,51)46(59)42(41-56)61-47/h37,40,42,46-47,56,59H,3-36,38-39,41H2,1-2H3,(H,52,53,57,60)/t42-,46-,47-/m1/s1. The molecule has 10 nitrogen and oxygen atoms in total. The molecule has 2 amide bonds. The number of hydrogen-bond donors (Lipinski definition) is 3. The second kappa shape index (κ2) is 35.0. The lowest BCUT2D eigenvalue weighted by molar-refractivity contribution is -0.141. The summed E-state index contributed by atoms with van der Waals surface area (Å²) in [4.78, 5) is 44.5. The van der Waals surface area contributed by atoms with Crippen LogP contribution in [0.15, 0.2) is 17.1 Å². The third-order valence-electron chi connectivity index (χ3n) is 12.4. The molecule has 0 spiro atoms. The highest BCUT2D eigenvalue weighted by molar-refractivity contribution is 5.92. The first kappa shape index (κ1) is 54.7. The van der Waals surface area contributed by atoms with Gasteiger partial charge in [0.05, 0.1) is 6.61 Å². The maximum absolute atomic E-state index is 14.6. The van der Waals surface area contributed by atoms with Crippen LogP contribution in [0.25, 0.3) is 0 Å². The van der Waals surface area contributed by atoms with Crippen molar-refractivity contribution in [2.24, 2.45) is 0 Å². The number of ether oxygens (including phenoxy) is 1. The molecule has 3 N–H and O–H groups in total. The van der Waals surface area contributed by atoms with Crippen molar-refractivity contribution in [2.75, 3.05) is 25.0 Å². The van der Waals surface area contributed by atoms with Crippen LogP contribution in [0.3, 0.4) is 0 Å². The Labute approximate surface area is 368 Å². The summed E-state index contributed by atoms with van der Waals surface area (Å²) in [6, 6.07) is 1.18. The van der Waals surface area contributed by atoms with Crippen LogP contribution in [0.1, 0.15) is 238 Å². The number of amides is 2. The van der Waals surface area contributed by atoms with Crippen LogP contribution in [0, 0.1) is 0 Å². The van der Waals surface area contributed by atoms with E-state index in [4.69, 9.17) is 4.74 Å². The minimum Gasteiger partial charge on any atom is -0.394 e. The fourth-order valence-electron chi connectivity index (χ4n) is 8.43. The quantitative estimate of drug-likeness (QED) is 0.0559. The average Bonchev–Trinajstić information content (AvgIpc) is 3.48. The summed E-state index contributed by atoms with van der Waals surface area (Å²) in [7, 11) is 0. The summed E-state index contributed by atoms with van der Waals surface area (Å²) >= 11 is 0. The van der Waals surface area contributed by atoms with Gasteiger partial charge in [-0.15, -0.1) is 0 Å². The van der Waals surface area contributed by atoms with Crippen molar-refractivity contribution in [1.82, 2.24) is 14.5 Å². The van der Waals surface area contributed by atoms with Gasteiger partial charge in [0.1, 0.15) is 11.9 Å². The lowest BCUT2D eigenvalue weighted by Gasteiger charge is -2.23. The molecule has 1 aromatic heterocycles. The molecule has 0 saturated carbocycles. The van der Waals surface area contributed by atoms with E-state index in [-0.39, 0.29) is 24.6 Å². The molecule has 61 heavy (non-hydrogen) atoms. The average molecular weight is 867 g/mol. The van der Waals surface area contributed by atoms with Crippen LogP contribution in [-0.2, 0) is 14.3 Å². The lowest BCUT2D eigenvalue weighted by atomic mass is 10.0. The number of carbonyl (C=O) groups excluding carboxylic acids is 2. The normalized spacial score (nSPS) is 17.2. The monoisotopic (exact) mass is 867 g/mol. The molecule has 1 aromatic rings. The second-order valence-electron chi connectivity index (χ2n) is 17.9. The van der Waals surface area contributed by atoms with E-state index in [9.17, 15) is 33.4 Å². The van der Waals surface area contributed by atoms with Crippen LogP contribution in [-0.4, -0.2) is 74.3 Å². The van der Waals surface area contributed by atoms with Gasteiger partial charge in [-0.3, -0.25) is 14.2 Å². The number of halogens is 2. The van der Waals surface area contributed by atoms with Crippen LogP contribution in [0.2, 0.25) is 0 Å². The van der Waals surface area contributed by atoms with E-state index in [1.807, 2.05) is 4.90 Å². The Balaban J connectivity index is 1.71. The first-order valence-corrected chi connectivity index (χ1v) is 25.1. The summed E-state index contributed by atoms with van der Waals surface area (Å²) in [5, 5.41) is 21.6. The zero-order valence-corrected chi connectivity index (χ0v) is 38.7. The van der Waals surface area contributed by atoms with Gasteiger partial charge < -0.3 is 25.2 Å². The number of alkyl halides is 2. The molecule has 0 aliphatic carbocycles. The van der Waals surface area contributed by atoms with Gasteiger partial charge in [-0.05, 0) is 18.9 Å². The number of rotatable bonds is 40. The van der Waals surface area contributed by atoms with Gasteiger partial charge in [-0.25, -0.2) is 4.79 Å². The maximum Gasteiger partial charge on any atom is 0.351 e. The van der Waals surface area contributed by atoms with Gasteiger partial charge in [0.2, 0.25) is 18.0 Å². The Bertz CT molecular complexity index is 1280. The molecule has 2 heterocycles. The number of unbranched alkanes of at least 4 members (excludes halogenated alkanes) is 30. The van der Waals surface area contributed by atoms with Gasteiger partial charge in [-0.2, -0.15) is 13.8 Å². The van der Waals surface area contributed by atoms with E-state index in [0.717, 1.165) is 31.9 Å². The minimum absolute atomic E-state index is 0.0171. The smallest absolute Gasteiger partial charge is 0.351 e. The molecule has 12 heteroatoms. The summed E-state index contributed by atoms with van der Waals surface area (Å²) in [6.07, 6.45) is 36.2. The maximum atomic E-state index is 14.6. The topological polar surface area (TPSA) is 134 Å². The molecule has 1 aliphatic heterocycles. The van der Waals surface area contributed by atoms with Gasteiger partial charge in [0.25, 0.3) is 0 Å².